The Morgan fingerprint density at radius 3 is 2.41 bits per heavy atom. The van der Waals surface area contributed by atoms with Gasteiger partial charge < -0.3 is 14.4 Å². The van der Waals surface area contributed by atoms with Crippen LogP contribution >= 0.6 is 0 Å². The highest BCUT2D eigenvalue weighted by Gasteiger charge is 2.34. The molecule has 0 atom stereocenters. The van der Waals surface area contributed by atoms with E-state index in [0.717, 1.165) is 12.0 Å². The van der Waals surface area contributed by atoms with Crippen LogP contribution < -0.4 is 9.47 Å². The molecule has 0 N–H and O–H groups in total. The summed E-state index contributed by atoms with van der Waals surface area (Å²) in [6, 6.07) is 14.7. The van der Waals surface area contributed by atoms with Crippen LogP contribution in [0.15, 0.2) is 53.4 Å². The Balaban J connectivity index is 1.40. The number of hydrogen-bond acceptors (Lipinski definition) is 5. The van der Waals surface area contributed by atoms with Gasteiger partial charge in [-0.3, -0.25) is 4.79 Å². The molecule has 4 rings (SSSR count). The molecule has 0 aliphatic carbocycles. The van der Waals surface area contributed by atoms with E-state index in [1.54, 1.807) is 12.1 Å². The van der Waals surface area contributed by atoms with Crippen LogP contribution in [0.2, 0.25) is 0 Å². The van der Waals surface area contributed by atoms with Crippen LogP contribution in [0.1, 0.15) is 31.7 Å². The molecule has 7 nitrogen and oxygen atoms in total. The molecule has 2 aromatic rings. The van der Waals surface area contributed by atoms with Crippen LogP contribution in [-0.4, -0.2) is 56.4 Å². The lowest BCUT2D eigenvalue weighted by molar-refractivity contribution is -0.137. The molecule has 2 aliphatic rings. The molecule has 0 unspecified atom stereocenters. The highest BCUT2D eigenvalue weighted by molar-refractivity contribution is 7.89. The van der Waals surface area contributed by atoms with Crippen molar-refractivity contribution >= 4 is 15.9 Å². The molecule has 2 aliphatic heterocycles. The van der Waals surface area contributed by atoms with Crippen molar-refractivity contribution in [2.24, 2.45) is 5.92 Å². The number of nitrogens with zero attached hydrogens (tertiary/aromatic N) is 2. The van der Waals surface area contributed by atoms with Crippen LogP contribution in [0.3, 0.4) is 0 Å². The maximum absolute atomic E-state index is 13.2. The normalized spacial score (nSPS) is 17.2. The van der Waals surface area contributed by atoms with Gasteiger partial charge in [0, 0.05) is 38.2 Å². The third kappa shape index (κ3) is 4.91. The van der Waals surface area contributed by atoms with Crippen LogP contribution in [-0.2, 0) is 21.4 Å². The number of hydrogen-bond donors (Lipinski definition) is 0. The van der Waals surface area contributed by atoms with E-state index in [2.05, 4.69) is 6.92 Å². The molecule has 0 bridgehead atoms. The molecule has 1 saturated heterocycles. The zero-order valence-corrected chi connectivity index (χ0v) is 19.2. The van der Waals surface area contributed by atoms with Crippen molar-refractivity contribution in [3.05, 3.63) is 54.1 Å². The van der Waals surface area contributed by atoms with Crippen molar-refractivity contribution in [1.29, 1.82) is 0 Å². The fourth-order valence-corrected chi connectivity index (χ4v) is 5.76. The summed E-state index contributed by atoms with van der Waals surface area (Å²) in [5.74, 6) is 0.983. The van der Waals surface area contributed by atoms with Crippen LogP contribution in [0, 0.1) is 5.92 Å². The zero-order valence-electron chi connectivity index (χ0n) is 18.4. The molecule has 0 radical (unpaired) electrons. The lowest BCUT2D eigenvalue weighted by atomic mass is 9.96. The van der Waals surface area contributed by atoms with E-state index in [1.807, 2.05) is 35.2 Å². The summed E-state index contributed by atoms with van der Waals surface area (Å²) in [6.45, 7) is 4.87. The van der Waals surface area contributed by atoms with E-state index >= 15 is 0 Å². The number of amides is 1. The first-order valence-electron chi connectivity index (χ1n) is 11.2. The quantitative estimate of drug-likeness (QED) is 0.636. The van der Waals surface area contributed by atoms with Gasteiger partial charge in [0.15, 0.2) is 11.5 Å². The number of piperidine rings is 1. The Kier molecular flexibility index (Phi) is 7.01. The topological polar surface area (TPSA) is 76.2 Å². The summed E-state index contributed by atoms with van der Waals surface area (Å²) >= 11 is 0. The number of benzene rings is 2. The maximum Gasteiger partial charge on any atom is 0.243 e. The van der Waals surface area contributed by atoms with E-state index in [-0.39, 0.29) is 16.7 Å². The van der Waals surface area contributed by atoms with Crippen molar-refractivity contribution < 1.29 is 22.7 Å². The average molecular weight is 459 g/mol. The Morgan fingerprint density at radius 1 is 1.03 bits per heavy atom. The number of fused-ring (bicyclic) bond motifs is 1. The molecule has 32 heavy (non-hydrogen) atoms. The minimum Gasteiger partial charge on any atom is -0.486 e. The van der Waals surface area contributed by atoms with E-state index in [1.165, 1.54) is 10.4 Å². The molecule has 0 saturated carbocycles. The number of sulfonamides is 1. The first-order valence-corrected chi connectivity index (χ1v) is 12.7. The number of rotatable bonds is 7. The minimum atomic E-state index is -3.65. The Labute approximate surface area is 190 Å². The third-order valence-corrected chi connectivity index (χ3v) is 7.87. The zero-order chi connectivity index (χ0) is 22.6. The van der Waals surface area contributed by atoms with E-state index in [0.29, 0.717) is 63.7 Å². The summed E-state index contributed by atoms with van der Waals surface area (Å²) in [7, 11) is -3.65. The van der Waals surface area contributed by atoms with Gasteiger partial charge >= 0.3 is 0 Å². The Hall–Kier alpha value is -2.58. The average Bonchev–Trinajstić information content (AvgIpc) is 2.83. The van der Waals surface area contributed by atoms with Crippen molar-refractivity contribution in [2.75, 3.05) is 32.8 Å². The number of carbonyl (C=O) groups is 1. The summed E-state index contributed by atoms with van der Waals surface area (Å²) in [5.41, 5.74) is 1.10. The van der Waals surface area contributed by atoms with E-state index in [9.17, 15) is 13.2 Å². The van der Waals surface area contributed by atoms with Gasteiger partial charge in [-0.15, -0.1) is 0 Å². The first kappa shape index (κ1) is 22.6. The van der Waals surface area contributed by atoms with Crippen molar-refractivity contribution in [1.82, 2.24) is 9.21 Å². The molecule has 1 fully saturated rings. The third-order valence-electron chi connectivity index (χ3n) is 5.98. The number of carbonyl (C=O) groups excluding carboxylic acids is 1. The largest absolute Gasteiger partial charge is 0.486 e. The predicted octanol–water partition coefficient (Wildman–Crippen LogP) is 3.30. The SMILES string of the molecule is CCCN(Cc1ccccc1)C(=O)C1CCN(S(=O)(=O)c2ccc3c(c2)OCCO3)CC1. The molecule has 2 aromatic carbocycles. The van der Waals surface area contributed by atoms with Crippen molar-refractivity contribution in [2.45, 2.75) is 37.6 Å². The monoisotopic (exact) mass is 458 g/mol. The van der Waals surface area contributed by atoms with Crippen LogP contribution in [0.4, 0.5) is 0 Å². The summed E-state index contributed by atoms with van der Waals surface area (Å²) in [5, 5.41) is 0. The summed E-state index contributed by atoms with van der Waals surface area (Å²) < 4.78 is 38.8. The second-order valence-corrected chi connectivity index (χ2v) is 10.2. The molecule has 2 heterocycles. The second-order valence-electron chi connectivity index (χ2n) is 8.23. The van der Waals surface area contributed by atoms with Gasteiger partial charge in [-0.2, -0.15) is 4.31 Å². The molecule has 0 aromatic heterocycles. The summed E-state index contributed by atoms with van der Waals surface area (Å²) in [4.78, 5) is 15.3. The fourth-order valence-electron chi connectivity index (χ4n) is 4.28. The molecular weight excluding hydrogens is 428 g/mol. The lowest BCUT2D eigenvalue weighted by Crippen LogP contribution is -2.44. The van der Waals surface area contributed by atoms with Crippen molar-refractivity contribution in [3.8, 4) is 11.5 Å². The highest BCUT2D eigenvalue weighted by Crippen LogP contribution is 2.34. The molecular formula is C24H30N2O5S. The van der Waals surface area contributed by atoms with Crippen LogP contribution in [0.5, 0.6) is 11.5 Å². The lowest BCUT2D eigenvalue weighted by Gasteiger charge is -2.34. The minimum absolute atomic E-state index is 0.118. The standard InChI is InChI=1S/C24H30N2O5S/c1-2-12-25(18-19-6-4-3-5-7-19)24(27)20-10-13-26(14-11-20)32(28,29)21-8-9-22-23(17-21)31-16-15-30-22/h3-9,17,20H,2,10-16,18H2,1H3. The summed E-state index contributed by atoms with van der Waals surface area (Å²) in [6.07, 6.45) is 1.94. The first-order chi connectivity index (χ1) is 15.5. The van der Waals surface area contributed by atoms with Gasteiger partial charge in [0.25, 0.3) is 0 Å². The van der Waals surface area contributed by atoms with E-state index < -0.39 is 10.0 Å². The van der Waals surface area contributed by atoms with Gasteiger partial charge in [0.1, 0.15) is 13.2 Å². The Morgan fingerprint density at radius 2 is 1.72 bits per heavy atom. The van der Waals surface area contributed by atoms with Crippen LogP contribution in [0.25, 0.3) is 0 Å². The Bertz CT molecular complexity index is 1030. The molecule has 172 valence electrons. The van der Waals surface area contributed by atoms with E-state index in [4.69, 9.17) is 9.47 Å². The van der Waals surface area contributed by atoms with Gasteiger partial charge in [0.2, 0.25) is 15.9 Å². The van der Waals surface area contributed by atoms with Gasteiger partial charge in [0.05, 0.1) is 4.90 Å². The maximum atomic E-state index is 13.2. The smallest absolute Gasteiger partial charge is 0.243 e. The van der Waals surface area contributed by atoms with Gasteiger partial charge in [-0.1, -0.05) is 37.3 Å². The van der Waals surface area contributed by atoms with Gasteiger partial charge in [-0.25, -0.2) is 8.42 Å². The molecule has 0 spiro atoms. The predicted molar refractivity (Wildman–Crippen MR) is 121 cm³/mol. The highest BCUT2D eigenvalue weighted by atomic mass is 32.2. The second kappa shape index (κ2) is 9.92. The molecule has 1 amide bonds. The van der Waals surface area contributed by atoms with Crippen molar-refractivity contribution in [3.63, 3.8) is 0 Å². The fraction of sp³-hybridized carbons (Fsp3) is 0.458. The molecule has 8 heteroatoms. The van der Waals surface area contributed by atoms with Gasteiger partial charge in [-0.05, 0) is 37.0 Å². The number of ether oxygens (including phenoxy) is 2.